The van der Waals surface area contributed by atoms with Crippen LogP contribution >= 0.6 is 0 Å². The maximum atomic E-state index is 12.8. The zero-order valence-corrected chi connectivity index (χ0v) is 13.1. The highest BCUT2D eigenvalue weighted by Crippen LogP contribution is 2.38. The Hall–Kier alpha value is -2.45. The van der Waals surface area contributed by atoms with E-state index in [-0.39, 0.29) is 5.71 Å². The van der Waals surface area contributed by atoms with Crippen LogP contribution in [0.15, 0.2) is 53.9 Å². The number of benzene rings is 1. The first kappa shape index (κ1) is 17.4. The molecule has 1 unspecified atom stereocenters. The van der Waals surface area contributed by atoms with Crippen molar-refractivity contribution in [1.82, 2.24) is 10.3 Å². The van der Waals surface area contributed by atoms with E-state index in [0.717, 1.165) is 11.1 Å². The summed E-state index contributed by atoms with van der Waals surface area (Å²) < 4.78 is 38.3. The Labute approximate surface area is 142 Å². The minimum Gasteiger partial charge on any atom is -0.350 e. The van der Waals surface area contributed by atoms with Gasteiger partial charge in [-0.1, -0.05) is 23.4 Å². The van der Waals surface area contributed by atoms with Crippen molar-refractivity contribution in [2.24, 2.45) is 5.16 Å². The average Bonchev–Trinajstić information content (AvgIpc) is 3.00. The molecule has 0 amide bonds. The highest BCUT2D eigenvalue weighted by Gasteiger charge is 2.60. The van der Waals surface area contributed by atoms with Crippen molar-refractivity contribution in [2.75, 3.05) is 0 Å². The third-order valence-electron chi connectivity index (χ3n) is 3.82. The minimum atomic E-state index is -4.90. The van der Waals surface area contributed by atoms with Crippen molar-refractivity contribution in [3.05, 3.63) is 65.5 Å². The molecule has 8 heteroatoms. The number of aliphatic hydroxyl groups is 1. The summed E-state index contributed by atoms with van der Waals surface area (Å²) in [6.07, 6.45) is -2.22. The van der Waals surface area contributed by atoms with Crippen LogP contribution in [-0.4, -0.2) is 27.8 Å². The first-order chi connectivity index (χ1) is 11.9. The predicted octanol–water partition coefficient (Wildman–Crippen LogP) is 2.75. The molecule has 132 valence electrons. The number of nitrogens with zero attached hydrogens (tertiary/aromatic N) is 2. The van der Waals surface area contributed by atoms with Gasteiger partial charge in [-0.2, -0.15) is 13.2 Å². The van der Waals surface area contributed by atoms with Crippen LogP contribution in [0.25, 0.3) is 0 Å². The Balaban J connectivity index is 1.62. The summed E-state index contributed by atoms with van der Waals surface area (Å²) in [5.74, 6) is -3.25. The Bertz CT molecular complexity index is 765. The second-order valence-electron chi connectivity index (χ2n) is 5.75. The van der Waals surface area contributed by atoms with Gasteiger partial charge in [-0.05, 0) is 34.9 Å². The maximum absolute atomic E-state index is 12.8. The van der Waals surface area contributed by atoms with Gasteiger partial charge >= 0.3 is 12.0 Å². The molecule has 1 aromatic carbocycles. The highest BCUT2D eigenvalue weighted by molar-refractivity contribution is 6.01. The van der Waals surface area contributed by atoms with Crippen LogP contribution in [0, 0.1) is 0 Å². The standard InChI is InChI=1S/C17H16F3N3O2/c18-17(19,20)16(24)9-15(23-25-16)14-3-1-2-13(8-14)11-22-10-12-4-6-21-7-5-12/h1-8,22,24H,9-11H2. The average molecular weight is 351 g/mol. The summed E-state index contributed by atoms with van der Waals surface area (Å²) in [4.78, 5) is 8.19. The maximum Gasteiger partial charge on any atom is 0.458 e. The fraction of sp³-hybridized carbons (Fsp3) is 0.294. The van der Waals surface area contributed by atoms with Gasteiger partial charge in [-0.3, -0.25) is 4.98 Å². The van der Waals surface area contributed by atoms with Crippen LogP contribution in [-0.2, 0) is 17.9 Å². The third-order valence-corrected chi connectivity index (χ3v) is 3.82. The van der Waals surface area contributed by atoms with Gasteiger partial charge < -0.3 is 15.3 Å². The van der Waals surface area contributed by atoms with Crippen LogP contribution in [0.2, 0.25) is 0 Å². The lowest BCUT2D eigenvalue weighted by atomic mass is 10.0. The van der Waals surface area contributed by atoms with Crippen molar-refractivity contribution in [1.29, 1.82) is 0 Å². The summed E-state index contributed by atoms with van der Waals surface area (Å²) in [5.41, 5.74) is 2.52. The zero-order valence-electron chi connectivity index (χ0n) is 13.1. The summed E-state index contributed by atoms with van der Waals surface area (Å²) in [5, 5.41) is 16.2. The first-order valence-corrected chi connectivity index (χ1v) is 7.60. The minimum absolute atomic E-state index is 0.0656. The largest absolute Gasteiger partial charge is 0.458 e. The number of oxime groups is 1. The van der Waals surface area contributed by atoms with Gasteiger partial charge in [0.1, 0.15) is 0 Å². The number of halogens is 3. The van der Waals surface area contributed by atoms with Gasteiger partial charge in [0, 0.05) is 25.5 Å². The summed E-state index contributed by atoms with van der Waals surface area (Å²) in [6, 6.07) is 10.7. The van der Waals surface area contributed by atoms with Crippen molar-refractivity contribution in [3.63, 3.8) is 0 Å². The fourth-order valence-electron chi connectivity index (χ4n) is 2.44. The molecule has 1 aromatic heterocycles. The quantitative estimate of drug-likeness (QED) is 0.869. The molecule has 0 saturated heterocycles. The van der Waals surface area contributed by atoms with Crippen LogP contribution < -0.4 is 5.32 Å². The normalized spacial score (nSPS) is 20.2. The van der Waals surface area contributed by atoms with Gasteiger partial charge in [0.25, 0.3) is 0 Å². The van der Waals surface area contributed by atoms with Gasteiger partial charge in [-0.25, -0.2) is 0 Å². The van der Waals surface area contributed by atoms with E-state index < -0.39 is 18.4 Å². The van der Waals surface area contributed by atoms with E-state index in [1.807, 2.05) is 18.2 Å². The molecule has 2 heterocycles. The molecule has 0 aliphatic carbocycles. The molecule has 1 aliphatic rings. The predicted molar refractivity (Wildman–Crippen MR) is 84.5 cm³/mol. The van der Waals surface area contributed by atoms with Crippen molar-refractivity contribution in [2.45, 2.75) is 31.5 Å². The molecule has 2 aromatic rings. The molecular weight excluding hydrogens is 335 g/mol. The van der Waals surface area contributed by atoms with E-state index in [2.05, 4.69) is 20.3 Å². The fourth-order valence-corrected chi connectivity index (χ4v) is 2.44. The van der Waals surface area contributed by atoms with E-state index in [9.17, 15) is 18.3 Å². The second-order valence-corrected chi connectivity index (χ2v) is 5.75. The molecule has 0 bridgehead atoms. The number of alkyl halides is 3. The molecule has 1 aliphatic heterocycles. The van der Waals surface area contributed by atoms with E-state index in [1.54, 1.807) is 30.6 Å². The SMILES string of the molecule is OC1(C(F)(F)F)CC(c2cccc(CNCc3ccncc3)c2)=NO1. The third kappa shape index (κ3) is 3.97. The van der Waals surface area contributed by atoms with Crippen molar-refractivity contribution >= 4 is 5.71 Å². The van der Waals surface area contributed by atoms with Gasteiger partial charge in [0.2, 0.25) is 0 Å². The Morgan fingerprint density at radius 1 is 1.12 bits per heavy atom. The molecule has 0 spiro atoms. The lowest BCUT2D eigenvalue weighted by Gasteiger charge is -2.22. The molecule has 0 fully saturated rings. The van der Waals surface area contributed by atoms with Crippen LogP contribution in [0.1, 0.15) is 23.1 Å². The molecule has 1 atom stereocenters. The second kappa shape index (κ2) is 6.81. The monoisotopic (exact) mass is 351 g/mol. The molecule has 25 heavy (non-hydrogen) atoms. The van der Waals surface area contributed by atoms with Crippen molar-refractivity contribution in [3.8, 4) is 0 Å². The van der Waals surface area contributed by atoms with E-state index in [0.29, 0.717) is 18.7 Å². The number of rotatable bonds is 5. The number of nitrogens with one attached hydrogen (secondary N) is 1. The molecule has 0 saturated carbocycles. The number of hydrogen-bond acceptors (Lipinski definition) is 5. The molecule has 0 radical (unpaired) electrons. The van der Waals surface area contributed by atoms with E-state index in [4.69, 9.17) is 0 Å². The molecular formula is C17H16F3N3O2. The lowest BCUT2D eigenvalue weighted by Crippen LogP contribution is -2.45. The Kier molecular flexibility index (Phi) is 4.73. The summed E-state index contributed by atoms with van der Waals surface area (Å²) in [6.45, 7) is 1.18. The van der Waals surface area contributed by atoms with Crippen LogP contribution in [0.3, 0.4) is 0 Å². The summed E-state index contributed by atoms with van der Waals surface area (Å²) in [7, 11) is 0. The topological polar surface area (TPSA) is 66.7 Å². The van der Waals surface area contributed by atoms with Crippen LogP contribution in [0.5, 0.6) is 0 Å². The van der Waals surface area contributed by atoms with Gasteiger partial charge in [0.05, 0.1) is 12.1 Å². The molecule has 2 N–H and O–H groups in total. The first-order valence-electron chi connectivity index (χ1n) is 7.60. The lowest BCUT2D eigenvalue weighted by molar-refractivity contribution is -0.355. The summed E-state index contributed by atoms with van der Waals surface area (Å²) >= 11 is 0. The highest BCUT2D eigenvalue weighted by atomic mass is 19.4. The number of pyridine rings is 1. The number of hydrogen-bond donors (Lipinski definition) is 2. The van der Waals surface area contributed by atoms with Gasteiger partial charge in [-0.15, -0.1) is 0 Å². The molecule has 5 nitrogen and oxygen atoms in total. The molecule has 3 rings (SSSR count). The van der Waals surface area contributed by atoms with Crippen molar-refractivity contribution < 1.29 is 23.1 Å². The zero-order chi connectivity index (χ0) is 17.9. The Morgan fingerprint density at radius 3 is 2.52 bits per heavy atom. The van der Waals surface area contributed by atoms with E-state index in [1.165, 1.54) is 0 Å². The van der Waals surface area contributed by atoms with Crippen LogP contribution in [0.4, 0.5) is 13.2 Å². The Morgan fingerprint density at radius 2 is 1.84 bits per heavy atom. The number of aromatic nitrogens is 1. The smallest absolute Gasteiger partial charge is 0.350 e. The van der Waals surface area contributed by atoms with Gasteiger partial charge in [0.15, 0.2) is 0 Å². The van der Waals surface area contributed by atoms with E-state index >= 15 is 0 Å².